The Morgan fingerprint density at radius 3 is 2.75 bits per heavy atom. The van der Waals surface area contributed by atoms with Gasteiger partial charge in [-0.25, -0.2) is 0 Å². The van der Waals surface area contributed by atoms with Crippen molar-refractivity contribution >= 4 is 5.91 Å². The van der Waals surface area contributed by atoms with E-state index in [0.717, 1.165) is 28.3 Å². The van der Waals surface area contributed by atoms with Gasteiger partial charge in [0.25, 0.3) is 0 Å². The van der Waals surface area contributed by atoms with Crippen LogP contribution in [0, 0.1) is 0 Å². The van der Waals surface area contributed by atoms with Crippen molar-refractivity contribution in [1.29, 1.82) is 0 Å². The third kappa shape index (κ3) is 3.81. The third-order valence-corrected chi connectivity index (χ3v) is 3.63. The van der Waals surface area contributed by atoms with Crippen molar-refractivity contribution in [1.82, 2.24) is 10.3 Å². The number of methoxy groups -OCH3 is 1. The molecule has 0 aliphatic carbocycles. The van der Waals surface area contributed by atoms with E-state index < -0.39 is 0 Å². The molecule has 24 heavy (non-hydrogen) atoms. The van der Waals surface area contributed by atoms with Crippen molar-refractivity contribution in [3.05, 3.63) is 72.1 Å². The molecule has 2 aromatic heterocycles. The minimum Gasteiger partial charge on any atom is -0.496 e. The predicted molar refractivity (Wildman–Crippen MR) is 90.5 cm³/mol. The molecule has 122 valence electrons. The molecule has 0 saturated heterocycles. The lowest BCUT2D eigenvalue weighted by Crippen LogP contribution is -2.24. The van der Waals surface area contributed by atoms with E-state index in [4.69, 9.17) is 9.15 Å². The smallest absolute Gasteiger partial charge is 0.224 e. The zero-order valence-electron chi connectivity index (χ0n) is 13.4. The average molecular weight is 322 g/mol. The van der Waals surface area contributed by atoms with Crippen molar-refractivity contribution < 1.29 is 13.9 Å². The molecule has 3 rings (SSSR count). The maximum Gasteiger partial charge on any atom is 0.224 e. The van der Waals surface area contributed by atoms with E-state index in [9.17, 15) is 4.79 Å². The van der Waals surface area contributed by atoms with Gasteiger partial charge in [-0.15, -0.1) is 0 Å². The molecule has 0 aliphatic rings. The summed E-state index contributed by atoms with van der Waals surface area (Å²) < 4.78 is 10.6. The number of hydrogen-bond acceptors (Lipinski definition) is 4. The van der Waals surface area contributed by atoms with E-state index in [-0.39, 0.29) is 12.3 Å². The van der Waals surface area contributed by atoms with Crippen LogP contribution in [-0.4, -0.2) is 18.0 Å². The molecule has 0 unspecified atom stereocenters. The highest BCUT2D eigenvalue weighted by molar-refractivity contribution is 5.79. The minimum atomic E-state index is -0.0605. The minimum absolute atomic E-state index is 0.0605. The Morgan fingerprint density at radius 1 is 1.17 bits per heavy atom. The quantitative estimate of drug-likeness (QED) is 0.757. The highest BCUT2D eigenvalue weighted by atomic mass is 16.5. The number of benzene rings is 1. The first kappa shape index (κ1) is 15.8. The predicted octanol–water partition coefficient (Wildman–Crippen LogP) is 3.21. The summed E-state index contributed by atoms with van der Waals surface area (Å²) in [5.74, 6) is 1.38. The van der Waals surface area contributed by atoms with Gasteiger partial charge < -0.3 is 14.5 Å². The van der Waals surface area contributed by atoms with Crippen LogP contribution < -0.4 is 10.1 Å². The lowest BCUT2D eigenvalue weighted by atomic mass is 10.1. The number of nitrogens with zero attached hydrogens (tertiary/aromatic N) is 1. The molecule has 0 spiro atoms. The summed E-state index contributed by atoms with van der Waals surface area (Å²) in [4.78, 5) is 16.5. The van der Waals surface area contributed by atoms with Crippen LogP contribution in [0.3, 0.4) is 0 Å². The molecule has 5 nitrogen and oxygen atoms in total. The molecule has 0 bridgehead atoms. The molecule has 5 heteroatoms. The summed E-state index contributed by atoms with van der Waals surface area (Å²) in [6, 6.07) is 15.0. The van der Waals surface area contributed by atoms with Crippen molar-refractivity contribution in [2.75, 3.05) is 7.11 Å². The van der Waals surface area contributed by atoms with Crippen LogP contribution in [0.1, 0.15) is 11.1 Å². The van der Waals surface area contributed by atoms with Crippen molar-refractivity contribution in [2.24, 2.45) is 0 Å². The number of ether oxygens (including phenoxy) is 1. The summed E-state index contributed by atoms with van der Waals surface area (Å²) in [6.07, 6.45) is 3.63. The van der Waals surface area contributed by atoms with Crippen LogP contribution in [-0.2, 0) is 17.8 Å². The Balaban J connectivity index is 1.56. The fourth-order valence-electron chi connectivity index (χ4n) is 2.38. The Bertz CT molecular complexity index is 796. The number of hydrogen-bond donors (Lipinski definition) is 1. The van der Waals surface area contributed by atoms with Gasteiger partial charge in [-0.05, 0) is 29.8 Å². The van der Waals surface area contributed by atoms with Gasteiger partial charge in [0.05, 0.1) is 19.8 Å². The lowest BCUT2D eigenvalue weighted by molar-refractivity contribution is -0.120. The molecule has 0 radical (unpaired) electrons. The Labute approximate surface area is 140 Å². The number of para-hydroxylation sites is 1. The Morgan fingerprint density at radius 2 is 2.04 bits per heavy atom. The molecule has 0 atom stereocenters. The summed E-state index contributed by atoms with van der Waals surface area (Å²) in [5, 5.41) is 2.90. The van der Waals surface area contributed by atoms with Gasteiger partial charge in [0.1, 0.15) is 11.4 Å². The van der Waals surface area contributed by atoms with Crippen LogP contribution in [0.4, 0.5) is 0 Å². The van der Waals surface area contributed by atoms with E-state index in [1.165, 1.54) is 0 Å². The van der Waals surface area contributed by atoms with Crippen molar-refractivity contribution in [3.63, 3.8) is 0 Å². The molecule has 2 heterocycles. The SMILES string of the molecule is COc1ccccc1CC(=O)NCc1ccc(-c2ccco2)nc1. The van der Waals surface area contributed by atoms with Gasteiger partial charge in [-0.3, -0.25) is 9.78 Å². The number of carbonyl (C=O) groups is 1. The van der Waals surface area contributed by atoms with Crippen LogP contribution >= 0.6 is 0 Å². The molecule has 0 saturated carbocycles. The van der Waals surface area contributed by atoms with E-state index in [0.29, 0.717) is 6.54 Å². The fraction of sp³-hybridized carbons (Fsp3) is 0.158. The van der Waals surface area contributed by atoms with Crippen LogP contribution in [0.5, 0.6) is 5.75 Å². The molecule has 1 N–H and O–H groups in total. The maximum atomic E-state index is 12.1. The lowest BCUT2D eigenvalue weighted by Gasteiger charge is -2.09. The van der Waals surface area contributed by atoms with E-state index >= 15 is 0 Å². The molecule has 0 aliphatic heterocycles. The first-order valence-electron chi connectivity index (χ1n) is 7.63. The van der Waals surface area contributed by atoms with E-state index in [1.807, 2.05) is 48.5 Å². The van der Waals surface area contributed by atoms with Crippen molar-refractivity contribution in [3.8, 4) is 17.2 Å². The van der Waals surface area contributed by atoms with Crippen LogP contribution in [0.25, 0.3) is 11.5 Å². The van der Waals surface area contributed by atoms with Gasteiger partial charge in [0.15, 0.2) is 5.76 Å². The highest BCUT2D eigenvalue weighted by Gasteiger charge is 2.08. The molecule has 1 aromatic carbocycles. The van der Waals surface area contributed by atoms with E-state index in [1.54, 1.807) is 19.6 Å². The number of furan rings is 1. The number of nitrogens with one attached hydrogen (secondary N) is 1. The number of carbonyl (C=O) groups excluding carboxylic acids is 1. The second kappa shape index (κ2) is 7.46. The molecule has 1 amide bonds. The number of aromatic nitrogens is 1. The summed E-state index contributed by atoms with van der Waals surface area (Å²) in [5.41, 5.74) is 2.56. The molecule has 3 aromatic rings. The van der Waals surface area contributed by atoms with Crippen LogP contribution in [0.2, 0.25) is 0 Å². The van der Waals surface area contributed by atoms with Gasteiger partial charge in [-0.2, -0.15) is 0 Å². The largest absolute Gasteiger partial charge is 0.496 e. The number of pyridine rings is 1. The molecule has 0 fully saturated rings. The number of amides is 1. The zero-order valence-corrected chi connectivity index (χ0v) is 13.4. The average Bonchev–Trinajstić information content (AvgIpc) is 3.15. The molecular formula is C19H18N2O3. The monoisotopic (exact) mass is 322 g/mol. The van der Waals surface area contributed by atoms with Gasteiger partial charge >= 0.3 is 0 Å². The van der Waals surface area contributed by atoms with Gasteiger partial charge in [-0.1, -0.05) is 24.3 Å². The van der Waals surface area contributed by atoms with E-state index in [2.05, 4.69) is 10.3 Å². The fourth-order valence-corrected chi connectivity index (χ4v) is 2.38. The standard InChI is InChI=1S/C19H18N2O3/c1-23-17-6-3-2-5-15(17)11-19(22)21-13-14-8-9-16(20-12-14)18-7-4-10-24-18/h2-10,12H,11,13H2,1H3,(H,21,22). The van der Waals surface area contributed by atoms with Crippen molar-refractivity contribution in [2.45, 2.75) is 13.0 Å². The van der Waals surface area contributed by atoms with Crippen LogP contribution in [0.15, 0.2) is 65.4 Å². The van der Waals surface area contributed by atoms with Gasteiger partial charge in [0, 0.05) is 18.3 Å². The topological polar surface area (TPSA) is 64.4 Å². The first-order valence-corrected chi connectivity index (χ1v) is 7.63. The Kier molecular flexibility index (Phi) is 4.91. The third-order valence-electron chi connectivity index (χ3n) is 3.63. The maximum absolute atomic E-state index is 12.1. The second-order valence-corrected chi connectivity index (χ2v) is 5.29. The second-order valence-electron chi connectivity index (χ2n) is 5.29. The molecular weight excluding hydrogens is 304 g/mol. The van der Waals surface area contributed by atoms with Gasteiger partial charge in [0.2, 0.25) is 5.91 Å². The first-order chi connectivity index (χ1) is 11.8. The summed E-state index contributed by atoms with van der Waals surface area (Å²) in [7, 11) is 1.60. The summed E-state index contributed by atoms with van der Waals surface area (Å²) >= 11 is 0. The summed E-state index contributed by atoms with van der Waals surface area (Å²) in [6.45, 7) is 0.430. The Hall–Kier alpha value is -3.08. The highest BCUT2D eigenvalue weighted by Crippen LogP contribution is 2.18. The number of rotatable bonds is 6. The normalized spacial score (nSPS) is 10.4. The zero-order chi connectivity index (χ0) is 16.8.